The fraction of sp³-hybridized carbons (Fsp3) is 0.526. The molecule has 1 aliphatic carbocycles. The van der Waals surface area contributed by atoms with Crippen molar-refractivity contribution in [2.24, 2.45) is 0 Å². The zero-order valence-electron chi connectivity index (χ0n) is 15.8. The molecule has 5 nitrogen and oxygen atoms in total. The zero-order chi connectivity index (χ0) is 21.9. The van der Waals surface area contributed by atoms with Crippen LogP contribution in [0.15, 0.2) is 29.2 Å². The minimum absolute atomic E-state index is 0.200. The van der Waals surface area contributed by atoms with Crippen LogP contribution in [-0.4, -0.2) is 27.5 Å². The minimum atomic E-state index is -4.70. The molecule has 0 radical (unpaired) electrons. The molecule has 0 saturated heterocycles. The highest BCUT2D eigenvalue weighted by Crippen LogP contribution is 2.33. The molecule has 0 N–H and O–H groups in total. The maximum Gasteiger partial charge on any atom is 0.422 e. The summed E-state index contributed by atoms with van der Waals surface area (Å²) in [5.74, 6) is -0.670. The first-order chi connectivity index (χ1) is 14.0. The van der Waals surface area contributed by atoms with Crippen LogP contribution in [0, 0.1) is 0 Å². The van der Waals surface area contributed by atoms with Crippen molar-refractivity contribution in [1.82, 2.24) is 14.8 Å². The highest BCUT2D eigenvalue weighted by molar-refractivity contribution is 5.26. The summed E-state index contributed by atoms with van der Waals surface area (Å²) >= 11 is 0. The van der Waals surface area contributed by atoms with Crippen LogP contribution in [0.5, 0.6) is 5.88 Å². The van der Waals surface area contributed by atoms with E-state index in [9.17, 15) is 31.1 Å². The molecule has 164 valence electrons. The first kappa shape index (κ1) is 22.1. The Hall–Kier alpha value is -2.59. The van der Waals surface area contributed by atoms with Crippen molar-refractivity contribution in [3.63, 3.8) is 0 Å². The minimum Gasteiger partial charge on any atom is -0.467 e. The molecule has 30 heavy (non-hydrogen) atoms. The maximum atomic E-state index is 13.3. The Kier molecular flexibility index (Phi) is 6.37. The fourth-order valence-electron chi connectivity index (χ4n) is 3.54. The van der Waals surface area contributed by atoms with Crippen LogP contribution in [0.2, 0.25) is 0 Å². The third-order valence-electron chi connectivity index (χ3n) is 4.90. The second-order valence-corrected chi connectivity index (χ2v) is 7.13. The standard InChI is InChI=1S/C19H19F6N3O2/c20-18(21,22)11-30-16-9-13(12-5-2-1-3-6-12)17(29)28(27-16)10-15-14(19(23,24)25)7-4-8-26-15/h4,7-9,12H,1-3,5-6,10-11H2. The van der Waals surface area contributed by atoms with Crippen molar-refractivity contribution < 1.29 is 31.1 Å². The van der Waals surface area contributed by atoms with E-state index in [2.05, 4.69) is 10.1 Å². The van der Waals surface area contributed by atoms with Gasteiger partial charge in [0.25, 0.3) is 5.56 Å². The molecule has 2 aromatic rings. The molecule has 1 saturated carbocycles. The van der Waals surface area contributed by atoms with Crippen molar-refractivity contribution in [1.29, 1.82) is 0 Å². The molecule has 3 rings (SSSR count). The van der Waals surface area contributed by atoms with Crippen LogP contribution >= 0.6 is 0 Å². The number of rotatable bonds is 5. The lowest BCUT2D eigenvalue weighted by atomic mass is 9.85. The van der Waals surface area contributed by atoms with Gasteiger partial charge in [-0.25, -0.2) is 4.68 Å². The number of ether oxygens (including phenoxy) is 1. The van der Waals surface area contributed by atoms with E-state index in [4.69, 9.17) is 4.74 Å². The molecular formula is C19H19F6N3O2. The molecule has 0 bridgehead atoms. The largest absolute Gasteiger partial charge is 0.467 e. The number of halogens is 6. The number of alkyl halides is 6. The molecule has 0 unspecified atom stereocenters. The summed E-state index contributed by atoms with van der Waals surface area (Å²) in [4.78, 5) is 16.6. The van der Waals surface area contributed by atoms with Gasteiger partial charge >= 0.3 is 12.4 Å². The molecular weight excluding hydrogens is 416 g/mol. The van der Waals surface area contributed by atoms with E-state index in [0.717, 1.165) is 37.6 Å². The van der Waals surface area contributed by atoms with Crippen LogP contribution in [-0.2, 0) is 12.7 Å². The lowest BCUT2D eigenvalue weighted by Crippen LogP contribution is -2.31. The lowest BCUT2D eigenvalue weighted by Gasteiger charge is -2.22. The molecule has 2 heterocycles. The molecule has 2 aromatic heterocycles. The Morgan fingerprint density at radius 1 is 1.10 bits per heavy atom. The predicted molar refractivity (Wildman–Crippen MR) is 94.2 cm³/mol. The van der Waals surface area contributed by atoms with E-state index in [1.807, 2.05) is 0 Å². The number of hydrogen-bond acceptors (Lipinski definition) is 4. The van der Waals surface area contributed by atoms with E-state index < -0.39 is 48.2 Å². The van der Waals surface area contributed by atoms with Crippen molar-refractivity contribution >= 4 is 0 Å². The molecule has 0 amide bonds. The van der Waals surface area contributed by atoms with Crippen LogP contribution < -0.4 is 10.3 Å². The van der Waals surface area contributed by atoms with Gasteiger partial charge in [-0.05, 0) is 30.9 Å². The topological polar surface area (TPSA) is 57.0 Å². The average Bonchev–Trinajstić information content (AvgIpc) is 2.68. The average molecular weight is 435 g/mol. The first-order valence-electron chi connectivity index (χ1n) is 9.37. The van der Waals surface area contributed by atoms with Gasteiger partial charge in [0.05, 0.1) is 17.8 Å². The molecule has 1 aliphatic rings. The Morgan fingerprint density at radius 2 is 1.80 bits per heavy atom. The van der Waals surface area contributed by atoms with E-state index >= 15 is 0 Å². The number of nitrogens with zero attached hydrogens (tertiary/aromatic N) is 3. The molecule has 0 aromatic carbocycles. The third-order valence-corrected chi connectivity index (χ3v) is 4.90. The Balaban J connectivity index is 2.01. The van der Waals surface area contributed by atoms with E-state index in [-0.39, 0.29) is 11.5 Å². The van der Waals surface area contributed by atoms with Gasteiger partial charge in [0.1, 0.15) is 0 Å². The van der Waals surface area contributed by atoms with Gasteiger partial charge in [0.2, 0.25) is 5.88 Å². The monoisotopic (exact) mass is 435 g/mol. The second kappa shape index (κ2) is 8.65. The number of hydrogen-bond donors (Lipinski definition) is 0. The lowest BCUT2D eigenvalue weighted by molar-refractivity contribution is -0.154. The first-order valence-corrected chi connectivity index (χ1v) is 9.37. The SMILES string of the molecule is O=c1c(C2CCCCC2)cc(OCC(F)(F)F)nn1Cc1ncccc1C(F)(F)F. The Morgan fingerprint density at radius 3 is 2.43 bits per heavy atom. The van der Waals surface area contributed by atoms with Gasteiger partial charge in [-0.15, -0.1) is 5.10 Å². The fourth-order valence-corrected chi connectivity index (χ4v) is 3.54. The van der Waals surface area contributed by atoms with E-state index in [1.165, 1.54) is 6.07 Å². The van der Waals surface area contributed by atoms with E-state index in [1.54, 1.807) is 0 Å². The Labute approximate surface area is 167 Å². The highest BCUT2D eigenvalue weighted by Gasteiger charge is 2.34. The van der Waals surface area contributed by atoms with Crippen molar-refractivity contribution in [3.8, 4) is 5.88 Å². The van der Waals surface area contributed by atoms with E-state index in [0.29, 0.717) is 17.5 Å². The quantitative estimate of drug-likeness (QED) is 0.640. The van der Waals surface area contributed by atoms with Gasteiger partial charge in [0, 0.05) is 17.8 Å². The van der Waals surface area contributed by atoms with Gasteiger partial charge in [-0.2, -0.15) is 26.3 Å². The van der Waals surface area contributed by atoms with Gasteiger partial charge in [-0.3, -0.25) is 9.78 Å². The highest BCUT2D eigenvalue weighted by atomic mass is 19.4. The summed E-state index contributed by atoms with van der Waals surface area (Å²) in [6.07, 6.45) is -4.18. The third kappa shape index (κ3) is 5.51. The van der Waals surface area contributed by atoms with Crippen molar-refractivity contribution in [3.05, 3.63) is 51.6 Å². The summed E-state index contributed by atoms with van der Waals surface area (Å²) in [6.45, 7) is -2.27. The zero-order valence-corrected chi connectivity index (χ0v) is 15.8. The summed E-state index contributed by atoms with van der Waals surface area (Å²) in [5, 5.41) is 3.72. The normalized spacial score (nSPS) is 15.9. The predicted octanol–water partition coefficient (Wildman–Crippen LogP) is 4.69. The molecule has 0 spiro atoms. The van der Waals surface area contributed by atoms with Gasteiger partial charge < -0.3 is 4.74 Å². The van der Waals surface area contributed by atoms with Crippen LogP contribution in [0.4, 0.5) is 26.3 Å². The van der Waals surface area contributed by atoms with Gasteiger partial charge in [0.15, 0.2) is 6.61 Å². The second-order valence-electron chi connectivity index (χ2n) is 7.13. The summed E-state index contributed by atoms with van der Waals surface area (Å²) in [5.41, 5.74) is -1.95. The maximum absolute atomic E-state index is 13.3. The van der Waals surface area contributed by atoms with Crippen molar-refractivity contribution in [2.45, 2.75) is 56.9 Å². The summed E-state index contributed by atoms with van der Waals surface area (Å²) < 4.78 is 82.8. The van der Waals surface area contributed by atoms with Crippen LogP contribution in [0.25, 0.3) is 0 Å². The van der Waals surface area contributed by atoms with Gasteiger partial charge in [-0.1, -0.05) is 19.3 Å². The molecule has 11 heteroatoms. The molecule has 0 atom stereocenters. The number of pyridine rings is 1. The summed E-state index contributed by atoms with van der Waals surface area (Å²) in [7, 11) is 0. The molecule has 1 fully saturated rings. The Bertz CT molecular complexity index is 933. The smallest absolute Gasteiger partial charge is 0.422 e. The van der Waals surface area contributed by atoms with Crippen LogP contribution in [0.3, 0.4) is 0 Å². The van der Waals surface area contributed by atoms with Crippen LogP contribution in [0.1, 0.15) is 54.8 Å². The number of aromatic nitrogens is 3. The van der Waals surface area contributed by atoms with Crippen molar-refractivity contribution in [2.75, 3.05) is 6.61 Å². The molecule has 0 aliphatic heterocycles. The summed E-state index contributed by atoms with van der Waals surface area (Å²) in [6, 6.07) is 3.10.